The van der Waals surface area contributed by atoms with Gasteiger partial charge in [0.2, 0.25) is 0 Å². The number of likely N-dealkylation sites (N-methyl/N-ethyl adjacent to an activating group) is 1. The van der Waals surface area contributed by atoms with Crippen LogP contribution in [-0.4, -0.2) is 25.3 Å². The molecule has 0 aromatic rings. The van der Waals surface area contributed by atoms with E-state index in [0.717, 1.165) is 19.4 Å². The second-order valence-electron chi connectivity index (χ2n) is 3.59. The highest BCUT2D eigenvalue weighted by Crippen LogP contribution is 2.35. The van der Waals surface area contributed by atoms with Gasteiger partial charge < -0.3 is 10.1 Å². The Morgan fingerprint density at radius 3 is 2.54 bits per heavy atom. The lowest BCUT2D eigenvalue weighted by molar-refractivity contribution is -0.0467. The molecule has 1 aliphatic carbocycles. The van der Waals surface area contributed by atoms with Crippen LogP contribution in [0.2, 0.25) is 0 Å². The lowest BCUT2D eigenvalue weighted by Gasteiger charge is -2.34. The molecular weight excluding hydrogens is 162 g/mol. The molecule has 0 saturated heterocycles. The monoisotopic (exact) mass is 181 g/mol. The molecule has 1 N–H and O–H groups in total. The fourth-order valence-electron chi connectivity index (χ4n) is 2.28. The molecule has 0 aromatic heterocycles. The van der Waals surface area contributed by atoms with Gasteiger partial charge in [0.15, 0.2) is 0 Å². The molecule has 1 rings (SSSR count). The van der Waals surface area contributed by atoms with Gasteiger partial charge in [0, 0.05) is 6.61 Å². The minimum Gasteiger partial charge on any atom is -0.373 e. The maximum Gasteiger partial charge on any atom is 0.0978 e. The van der Waals surface area contributed by atoms with E-state index >= 15 is 0 Å². The summed E-state index contributed by atoms with van der Waals surface area (Å²) >= 11 is 0. The van der Waals surface area contributed by atoms with Crippen molar-refractivity contribution in [1.82, 2.24) is 5.32 Å². The standard InChI is InChI=1S/C11H19NO/c1-4-10(12-3)11(13-5-2)8-6-7-9-11/h1,10,12H,5-9H2,2-3H3. The van der Waals surface area contributed by atoms with Crippen LogP contribution >= 0.6 is 0 Å². The Bertz CT molecular complexity index is 189. The Labute approximate surface area is 81.0 Å². The quantitative estimate of drug-likeness (QED) is 0.664. The van der Waals surface area contributed by atoms with Crippen molar-refractivity contribution in [3.05, 3.63) is 0 Å². The van der Waals surface area contributed by atoms with E-state index in [2.05, 4.69) is 11.2 Å². The van der Waals surface area contributed by atoms with Gasteiger partial charge in [-0.2, -0.15) is 0 Å². The van der Waals surface area contributed by atoms with Crippen LogP contribution in [0.5, 0.6) is 0 Å². The summed E-state index contributed by atoms with van der Waals surface area (Å²) in [5.41, 5.74) is -0.0851. The Morgan fingerprint density at radius 1 is 1.54 bits per heavy atom. The second-order valence-corrected chi connectivity index (χ2v) is 3.59. The maximum atomic E-state index is 5.83. The van der Waals surface area contributed by atoms with Crippen LogP contribution in [0, 0.1) is 12.3 Å². The first-order chi connectivity index (χ1) is 6.29. The number of rotatable bonds is 4. The molecular formula is C11H19NO. The molecule has 1 aliphatic rings. The zero-order chi connectivity index (χ0) is 9.73. The molecule has 1 atom stereocenters. The summed E-state index contributed by atoms with van der Waals surface area (Å²) in [7, 11) is 1.91. The number of ether oxygens (including phenoxy) is 1. The number of terminal acetylenes is 1. The van der Waals surface area contributed by atoms with Gasteiger partial charge in [-0.25, -0.2) is 0 Å². The third-order valence-electron chi connectivity index (χ3n) is 2.86. The number of nitrogens with one attached hydrogen (secondary N) is 1. The molecule has 74 valence electrons. The van der Waals surface area contributed by atoms with E-state index < -0.39 is 0 Å². The topological polar surface area (TPSA) is 21.3 Å². The minimum atomic E-state index is -0.0851. The van der Waals surface area contributed by atoms with Crippen molar-refractivity contribution < 1.29 is 4.74 Å². The fourth-order valence-corrected chi connectivity index (χ4v) is 2.28. The van der Waals surface area contributed by atoms with Crippen molar-refractivity contribution in [3.63, 3.8) is 0 Å². The molecule has 1 unspecified atom stereocenters. The summed E-state index contributed by atoms with van der Waals surface area (Å²) in [4.78, 5) is 0. The number of hydrogen-bond acceptors (Lipinski definition) is 2. The van der Waals surface area contributed by atoms with Gasteiger partial charge in [0.1, 0.15) is 0 Å². The summed E-state index contributed by atoms with van der Waals surface area (Å²) in [6, 6.07) is 0.0648. The average Bonchev–Trinajstić information content (AvgIpc) is 2.57. The van der Waals surface area contributed by atoms with Crippen LogP contribution in [0.3, 0.4) is 0 Å². The SMILES string of the molecule is C#CC(NC)C1(OCC)CCCC1. The van der Waals surface area contributed by atoms with Crippen molar-refractivity contribution in [1.29, 1.82) is 0 Å². The van der Waals surface area contributed by atoms with Gasteiger partial charge in [0.25, 0.3) is 0 Å². The molecule has 0 aliphatic heterocycles. The lowest BCUT2D eigenvalue weighted by Crippen LogP contribution is -2.48. The third-order valence-corrected chi connectivity index (χ3v) is 2.86. The average molecular weight is 181 g/mol. The van der Waals surface area contributed by atoms with Gasteiger partial charge in [-0.3, -0.25) is 0 Å². The van der Waals surface area contributed by atoms with Gasteiger partial charge >= 0.3 is 0 Å². The first kappa shape index (κ1) is 10.6. The first-order valence-corrected chi connectivity index (χ1v) is 5.06. The van der Waals surface area contributed by atoms with E-state index in [4.69, 9.17) is 11.2 Å². The highest BCUT2D eigenvalue weighted by atomic mass is 16.5. The van der Waals surface area contributed by atoms with Crippen molar-refractivity contribution in [2.24, 2.45) is 0 Å². The molecule has 0 bridgehead atoms. The molecule has 1 saturated carbocycles. The Balaban J connectivity index is 2.71. The second kappa shape index (κ2) is 4.64. The molecule has 0 spiro atoms. The van der Waals surface area contributed by atoms with E-state index in [1.807, 2.05) is 14.0 Å². The molecule has 2 heteroatoms. The molecule has 0 aromatic carbocycles. The summed E-state index contributed by atoms with van der Waals surface area (Å²) in [6.07, 6.45) is 10.1. The van der Waals surface area contributed by atoms with Crippen molar-refractivity contribution in [3.8, 4) is 12.3 Å². The zero-order valence-corrected chi connectivity index (χ0v) is 8.60. The summed E-state index contributed by atoms with van der Waals surface area (Å²) in [6.45, 7) is 2.78. The molecule has 0 heterocycles. The van der Waals surface area contributed by atoms with Crippen LogP contribution in [0.1, 0.15) is 32.6 Å². The largest absolute Gasteiger partial charge is 0.373 e. The minimum absolute atomic E-state index is 0.0648. The highest BCUT2D eigenvalue weighted by Gasteiger charge is 2.40. The van der Waals surface area contributed by atoms with Crippen LogP contribution < -0.4 is 5.32 Å². The maximum absolute atomic E-state index is 5.83. The van der Waals surface area contributed by atoms with E-state index in [9.17, 15) is 0 Å². The van der Waals surface area contributed by atoms with Crippen LogP contribution in [0.4, 0.5) is 0 Å². The first-order valence-electron chi connectivity index (χ1n) is 5.06. The predicted molar refractivity (Wildman–Crippen MR) is 54.5 cm³/mol. The van der Waals surface area contributed by atoms with Crippen LogP contribution in [0.15, 0.2) is 0 Å². The van der Waals surface area contributed by atoms with Gasteiger partial charge in [0.05, 0.1) is 11.6 Å². The zero-order valence-electron chi connectivity index (χ0n) is 8.60. The molecule has 0 radical (unpaired) electrons. The van der Waals surface area contributed by atoms with Gasteiger partial charge in [-0.1, -0.05) is 18.8 Å². The van der Waals surface area contributed by atoms with E-state index in [0.29, 0.717) is 0 Å². The Kier molecular flexibility index (Phi) is 3.77. The normalized spacial score (nSPS) is 22.5. The van der Waals surface area contributed by atoms with E-state index in [1.54, 1.807) is 0 Å². The summed E-state index contributed by atoms with van der Waals surface area (Å²) in [5.74, 6) is 2.78. The summed E-state index contributed by atoms with van der Waals surface area (Å²) in [5, 5.41) is 3.16. The molecule has 13 heavy (non-hydrogen) atoms. The highest BCUT2D eigenvalue weighted by molar-refractivity contribution is 5.11. The molecule has 0 amide bonds. The molecule has 1 fully saturated rings. The van der Waals surface area contributed by atoms with Gasteiger partial charge in [-0.15, -0.1) is 6.42 Å². The predicted octanol–water partition coefficient (Wildman–Crippen LogP) is 1.56. The van der Waals surface area contributed by atoms with E-state index in [-0.39, 0.29) is 11.6 Å². The number of hydrogen-bond donors (Lipinski definition) is 1. The third kappa shape index (κ3) is 2.04. The smallest absolute Gasteiger partial charge is 0.0978 e. The van der Waals surface area contributed by atoms with Crippen LogP contribution in [-0.2, 0) is 4.74 Å². The summed E-state index contributed by atoms with van der Waals surface area (Å²) < 4.78 is 5.83. The van der Waals surface area contributed by atoms with Crippen molar-refractivity contribution >= 4 is 0 Å². The Hall–Kier alpha value is -0.520. The Morgan fingerprint density at radius 2 is 2.15 bits per heavy atom. The lowest BCUT2D eigenvalue weighted by atomic mass is 9.92. The van der Waals surface area contributed by atoms with Crippen molar-refractivity contribution in [2.45, 2.75) is 44.2 Å². The van der Waals surface area contributed by atoms with Crippen molar-refractivity contribution in [2.75, 3.05) is 13.7 Å². The van der Waals surface area contributed by atoms with Gasteiger partial charge in [-0.05, 0) is 26.8 Å². The van der Waals surface area contributed by atoms with E-state index in [1.165, 1.54) is 12.8 Å². The van der Waals surface area contributed by atoms with Crippen LogP contribution in [0.25, 0.3) is 0 Å². The molecule has 2 nitrogen and oxygen atoms in total. The fraction of sp³-hybridized carbons (Fsp3) is 0.818.